The van der Waals surface area contributed by atoms with Crippen LogP contribution < -0.4 is 10.2 Å². The summed E-state index contributed by atoms with van der Waals surface area (Å²) in [5.74, 6) is 0.531. The Morgan fingerprint density at radius 1 is 0.958 bits per heavy atom. The molecule has 0 atom stereocenters. The number of hydrogen-bond donors (Lipinski definition) is 1. The number of amides is 1. The second kappa shape index (κ2) is 6.99. The van der Waals surface area contributed by atoms with Gasteiger partial charge in [-0.3, -0.25) is 4.79 Å². The first-order valence-electron chi connectivity index (χ1n) is 8.53. The molecule has 0 radical (unpaired) electrons. The van der Waals surface area contributed by atoms with Gasteiger partial charge in [0, 0.05) is 24.5 Å². The minimum Gasteiger partial charge on any atom is -0.372 e. The number of rotatable bonds is 3. The van der Waals surface area contributed by atoms with Gasteiger partial charge in [-0.1, -0.05) is 0 Å². The summed E-state index contributed by atoms with van der Waals surface area (Å²) in [7, 11) is 0. The van der Waals surface area contributed by atoms with Crippen LogP contribution >= 0.6 is 0 Å². The van der Waals surface area contributed by atoms with Gasteiger partial charge in [-0.15, -0.1) is 0 Å². The fourth-order valence-corrected chi connectivity index (χ4v) is 3.31. The quantitative estimate of drug-likeness (QED) is 0.936. The third-order valence-electron chi connectivity index (χ3n) is 4.46. The molecule has 5 heteroatoms. The first-order valence-corrected chi connectivity index (χ1v) is 8.53. The third-order valence-corrected chi connectivity index (χ3v) is 4.46. The molecule has 1 aromatic heterocycles. The molecule has 0 aliphatic carbocycles. The number of anilines is 2. The second-order valence-corrected chi connectivity index (χ2v) is 6.37. The van der Waals surface area contributed by atoms with Crippen molar-refractivity contribution in [2.45, 2.75) is 40.0 Å². The van der Waals surface area contributed by atoms with Crippen LogP contribution in [0.15, 0.2) is 24.3 Å². The smallest absolute Gasteiger partial charge is 0.259 e. The van der Waals surface area contributed by atoms with Gasteiger partial charge in [0.15, 0.2) is 0 Å². The summed E-state index contributed by atoms with van der Waals surface area (Å²) in [6.07, 6.45) is 3.83. The van der Waals surface area contributed by atoms with Gasteiger partial charge in [-0.05, 0) is 64.3 Å². The molecular weight excluding hydrogens is 300 g/mol. The van der Waals surface area contributed by atoms with E-state index in [1.54, 1.807) is 0 Å². The van der Waals surface area contributed by atoms with Crippen molar-refractivity contribution in [1.29, 1.82) is 0 Å². The third kappa shape index (κ3) is 3.55. The van der Waals surface area contributed by atoms with Crippen LogP contribution in [0.25, 0.3) is 0 Å². The molecule has 1 aliphatic rings. The molecule has 0 spiro atoms. The van der Waals surface area contributed by atoms with E-state index in [4.69, 9.17) is 0 Å². The summed E-state index contributed by atoms with van der Waals surface area (Å²) < 4.78 is 0. The molecule has 2 aromatic rings. The lowest BCUT2D eigenvalue weighted by atomic mass is 10.1. The standard InChI is InChI=1S/C19H24N4O/c1-13-18(14(2)21-15(3)20-13)19(24)22-16-7-9-17(10-8-16)23-11-5-4-6-12-23/h7-10H,4-6,11-12H2,1-3H3,(H,22,24). The number of benzene rings is 1. The predicted octanol–water partition coefficient (Wildman–Crippen LogP) is 3.64. The van der Waals surface area contributed by atoms with Crippen molar-refractivity contribution in [3.63, 3.8) is 0 Å². The van der Waals surface area contributed by atoms with E-state index >= 15 is 0 Å². The highest BCUT2D eigenvalue weighted by atomic mass is 16.1. The molecule has 1 aromatic carbocycles. The van der Waals surface area contributed by atoms with E-state index in [1.165, 1.54) is 24.9 Å². The van der Waals surface area contributed by atoms with Gasteiger partial charge >= 0.3 is 0 Å². The molecule has 1 aliphatic heterocycles. The van der Waals surface area contributed by atoms with E-state index in [1.807, 2.05) is 32.9 Å². The van der Waals surface area contributed by atoms with E-state index in [-0.39, 0.29) is 5.91 Å². The predicted molar refractivity (Wildman–Crippen MR) is 96.7 cm³/mol. The Bertz CT molecular complexity index is 711. The fourth-order valence-electron chi connectivity index (χ4n) is 3.31. The Hall–Kier alpha value is -2.43. The number of carbonyl (C=O) groups is 1. The van der Waals surface area contributed by atoms with Crippen LogP contribution in [0, 0.1) is 20.8 Å². The van der Waals surface area contributed by atoms with E-state index in [2.05, 4.69) is 32.3 Å². The normalized spacial score (nSPS) is 14.5. The summed E-state index contributed by atoms with van der Waals surface area (Å²) >= 11 is 0. The highest BCUT2D eigenvalue weighted by molar-refractivity contribution is 6.05. The Labute approximate surface area is 143 Å². The zero-order chi connectivity index (χ0) is 17.1. The number of piperidine rings is 1. The average molecular weight is 324 g/mol. The molecular formula is C19H24N4O. The van der Waals surface area contributed by atoms with Crippen LogP contribution in [0.2, 0.25) is 0 Å². The van der Waals surface area contributed by atoms with Crippen LogP contribution in [0.3, 0.4) is 0 Å². The highest BCUT2D eigenvalue weighted by Gasteiger charge is 2.16. The van der Waals surface area contributed by atoms with Crippen LogP contribution in [-0.2, 0) is 0 Å². The molecule has 0 saturated carbocycles. The van der Waals surface area contributed by atoms with E-state index in [0.717, 1.165) is 18.8 Å². The first-order chi connectivity index (χ1) is 11.5. The largest absolute Gasteiger partial charge is 0.372 e. The maximum atomic E-state index is 12.6. The van der Waals surface area contributed by atoms with Crippen molar-refractivity contribution in [2.24, 2.45) is 0 Å². The van der Waals surface area contributed by atoms with E-state index in [0.29, 0.717) is 22.8 Å². The van der Waals surface area contributed by atoms with Crippen molar-refractivity contribution >= 4 is 17.3 Å². The lowest BCUT2D eigenvalue weighted by molar-refractivity contribution is 0.102. The topological polar surface area (TPSA) is 58.1 Å². The summed E-state index contributed by atoms with van der Waals surface area (Å²) in [4.78, 5) is 23.5. The van der Waals surface area contributed by atoms with Crippen LogP contribution in [-0.4, -0.2) is 29.0 Å². The van der Waals surface area contributed by atoms with Crippen molar-refractivity contribution in [3.8, 4) is 0 Å². The number of aryl methyl sites for hydroxylation is 3. The van der Waals surface area contributed by atoms with Crippen molar-refractivity contribution < 1.29 is 4.79 Å². The molecule has 2 heterocycles. The Kier molecular flexibility index (Phi) is 4.79. The molecule has 0 unspecified atom stereocenters. The number of nitrogens with one attached hydrogen (secondary N) is 1. The lowest BCUT2D eigenvalue weighted by Crippen LogP contribution is -2.29. The Morgan fingerprint density at radius 2 is 1.54 bits per heavy atom. The first kappa shape index (κ1) is 16.4. The summed E-state index contributed by atoms with van der Waals surface area (Å²) in [5, 5.41) is 2.95. The summed E-state index contributed by atoms with van der Waals surface area (Å²) in [6, 6.07) is 8.07. The van der Waals surface area contributed by atoms with Crippen molar-refractivity contribution in [3.05, 3.63) is 47.0 Å². The van der Waals surface area contributed by atoms with E-state index < -0.39 is 0 Å². The van der Waals surface area contributed by atoms with Crippen molar-refractivity contribution in [1.82, 2.24) is 9.97 Å². The molecule has 24 heavy (non-hydrogen) atoms. The second-order valence-electron chi connectivity index (χ2n) is 6.37. The maximum absolute atomic E-state index is 12.6. The summed E-state index contributed by atoms with van der Waals surface area (Å²) in [6.45, 7) is 7.75. The Morgan fingerprint density at radius 3 is 2.12 bits per heavy atom. The summed E-state index contributed by atoms with van der Waals surface area (Å²) in [5.41, 5.74) is 3.99. The monoisotopic (exact) mass is 324 g/mol. The number of carbonyl (C=O) groups excluding carboxylic acids is 1. The van der Waals surface area contributed by atoms with Gasteiger partial charge < -0.3 is 10.2 Å². The number of hydrogen-bond acceptors (Lipinski definition) is 4. The van der Waals surface area contributed by atoms with Crippen LogP contribution in [0.1, 0.15) is 46.8 Å². The number of nitrogens with zero attached hydrogens (tertiary/aromatic N) is 3. The maximum Gasteiger partial charge on any atom is 0.259 e. The highest BCUT2D eigenvalue weighted by Crippen LogP contribution is 2.22. The molecule has 1 N–H and O–H groups in total. The minimum absolute atomic E-state index is 0.157. The SMILES string of the molecule is Cc1nc(C)c(C(=O)Nc2ccc(N3CCCCC3)cc2)c(C)n1. The lowest BCUT2D eigenvalue weighted by Gasteiger charge is -2.28. The van der Waals surface area contributed by atoms with Gasteiger partial charge in [-0.25, -0.2) is 9.97 Å². The van der Waals surface area contributed by atoms with E-state index in [9.17, 15) is 4.79 Å². The molecule has 126 valence electrons. The molecule has 3 rings (SSSR count). The van der Waals surface area contributed by atoms with Gasteiger partial charge in [0.1, 0.15) is 5.82 Å². The molecule has 1 amide bonds. The van der Waals surface area contributed by atoms with Crippen LogP contribution in [0.5, 0.6) is 0 Å². The van der Waals surface area contributed by atoms with Crippen molar-refractivity contribution in [2.75, 3.05) is 23.3 Å². The fraction of sp³-hybridized carbons (Fsp3) is 0.421. The number of aromatic nitrogens is 2. The van der Waals surface area contributed by atoms with Gasteiger partial charge in [-0.2, -0.15) is 0 Å². The van der Waals surface area contributed by atoms with Crippen LogP contribution in [0.4, 0.5) is 11.4 Å². The molecule has 1 saturated heterocycles. The average Bonchev–Trinajstić information content (AvgIpc) is 2.55. The van der Waals surface area contributed by atoms with Gasteiger partial charge in [0.25, 0.3) is 5.91 Å². The zero-order valence-electron chi connectivity index (χ0n) is 14.6. The molecule has 5 nitrogen and oxygen atoms in total. The molecule has 1 fully saturated rings. The molecule has 0 bridgehead atoms. The Balaban J connectivity index is 1.73. The minimum atomic E-state index is -0.157. The zero-order valence-corrected chi connectivity index (χ0v) is 14.6. The van der Waals surface area contributed by atoms with Gasteiger partial charge in [0.2, 0.25) is 0 Å². The van der Waals surface area contributed by atoms with Gasteiger partial charge in [0.05, 0.1) is 17.0 Å².